The fourth-order valence-electron chi connectivity index (χ4n) is 3.22. The van der Waals surface area contributed by atoms with E-state index >= 15 is 0 Å². The Bertz CT molecular complexity index is 851. The Balaban J connectivity index is 1.50. The molecule has 9 heteroatoms. The molecule has 0 aliphatic carbocycles. The number of hydrogen-bond donors (Lipinski definition) is 2. The number of amides is 4. The molecule has 2 aliphatic rings. The van der Waals surface area contributed by atoms with E-state index in [2.05, 4.69) is 15.6 Å². The summed E-state index contributed by atoms with van der Waals surface area (Å²) >= 11 is 3.00. The fraction of sp³-hybridized carbons (Fsp3) is 0.375. The Morgan fingerprint density at radius 1 is 1.32 bits per heavy atom. The molecule has 0 saturated carbocycles. The Morgan fingerprint density at radius 2 is 2.08 bits per heavy atom. The van der Waals surface area contributed by atoms with E-state index in [0.29, 0.717) is 30.8 Å². The first-order valence-electron chi connectivity index (χ1n) is 7.93. The molecule has 4 rings (SSSR count). The monoisotopic (exact) mass is 376 g/mol. The Labute approximate surface area is 152 Å². The number of rotatable bonds is 2. The van der Waals surface area contributed by atoms with Gasteiger partial charge in [-0.1, -0.05) is 6.07 Å². The van der Waals surface area contributed by atoms with Gasteiger partial charge in [-0.25, -0.2) is 9.78 Å². The van der Waals surface area contributed by atoms with Crippen LogP contribution in [0.3, 0.4) is 0 Å². The average molecular weight is 376 g/mol. The van der Waals surface area contributed by atoms with Crippen LogP contribution in [0.5, 0.6) is 0 Å². The molecule has 0 atom stereocenters. The van der Waals surface area contributed by atoms with Crippen molar-refractivity contribution in [1.82, 2.24) is 20.5 Å². The van der Waals surface area contributed by atoms with Gasteiger partial charge in [0.1, 0.15) is 15.4 Å². The van der Waals surface area contributed by atoms with Crippen LogP contribution in [0.2, 0.25) is 0 Å². The van der Waals surface area contributed by atoms with Crippen LogP contribution >= 0.6 is 22.7 Å². The van der Waals surface area contributed by atoms with E-state index in [9.17, 15) is 14.4 Å². The highest BCUT2D eigenvalue weighted by molar-refractivity contribution is 7.22. The lowest BCUT2D eigenvalue weighted by Gasteiger charge is -2.36. The maximum atomic E-state index is 12.9. The van der Waals surface area contributed by atoms with Gasteiger partial charge in [0.2, 0.25) is 0 Å². The third-order valence-electron chi connectivity index (χ3n) is 4.64. The first-order valence-corrected chi connectivity index (χ1v) is 9.62. The fourth-order valence-corrected chi connectivity index (χ4v) is 5.05. The van der Waals surface area contributed by atoms with Crippen molar-refractivity contribution in [3.05, 3.63) is 28.1 Å². The number of nitrogens with zero attached hydrogens (tertiary/aromatic N) is 2. The molecular weight excluding hydrogens is 360 g/mol. The summed E-state index contributed by atoms with van der Waals surface area (Å²) in [6, 6.07) is 3.50. The van der Waals surface area contributed by atoms with Gasteiger partial charge in [-0.15, -0.1) is 22.7 Å². The van der Waals surface area contributed by atoms with Crippen molar-refractivity contribution in [2.75, 3.05) is 13.1 Å². The Kier molecular flexibility index (Phi) is 3.84. The van der Waals surface area contributed by atoms with Gasteiger partial charge in [-0.3, -0.25) is 14.9 Å². The molecule has 0 bridgehead atoms. The quantitative estimate of drug-likeness (QED) is 0.784. The molecule has 1 spiro atoms. The zero-order chi connectivity index (χ0) is 17.6. The van der Waals surface area contributed by atoms with Gasteiger partial charge in [0.15, 0.2) is 0 Å². The topological polar surface area (TPSA) is 91.4 Å². The van der Waals surface area contributed by atoms with E-state index in [-0.39, 0.29) is 11.8 Å². The molecule has 2 saturated heterocycles. The number of urea groups is 1. The van der Waals surface area contributed by atoms with Crippen molar-refractivity contribution >= 4 is 40.5 Å². The lowest BCUT2D eigenvalue weighted by molar-refractivity contribution is -0.125. The molecule has 7 nitrogen and oxygen atoms in total. The molecule has 2 aliphatic heterocycles. The molecule has 25 heavy (non-hydrogen) atoms. The number of thiazole rings is 1. The highest BCUT2D eigenvalue weighted by Crippen LogP contribution is 2.33. The minimum atomic E-state index is -0.862. The SMILES string of the molecule is Cc1nc(-c2cccs2)sc1C(=O)N1CCC2(CC1)NC(=O)NC2=O. The highest BCUT2D eigenvalue weighted by atomic mass is 32.1. The zero-order valence-corrected chi connectivity index (χ0v) is 15.1. The van der Waals surface area contributed by atoms with E-state index in [1.165, 1.54) is 11.3 Å². The second-order valence-electron chi connectivity index (χ2n) is 6.19. The maximum Gasteiger partial charge on any atom is 0.322 e. The number of aromatic nitrogens is 1. The molecule has 4 amide bonds. The number of likely N-dealkylation sites (tertiary alicyclic amines) is 1. The van der Waals surface area contributed by atoms with Crippen molar-refractivity contribution in [3.8, 4) is 9.88 Å². The van der Waals surface area contributed by atoms with E-state index in [0.717, 1.165) is 15.6 Å². The second-order valence-corrected chi connectivity index (χ2v) is 8.14. The minimum absolute atomic E-state index is 0.0580. The highest BCUT2D eigenvalue weighted by Gasteiger charge is 2.48. The van der Waals surface area contributed by atoms with Gasteiger partial charge in [0, 0.05) is 13.1 Å². The van der Waals surface area contributed by atoms with Crippen molar-refractivity contribution in [1.29, 1.82) is 0 Å². The summed E-state index contributed by atoms with van der Waals surface area (Å²) in [6.45, 7) is 2.70. The number of carbonyl (C=O) groups excluding carboxylic acids is 3. The molecule has 2 aromatic heterocycles. The van der Waals surface area contributed by atoms with Gasteiger partial charge in [0.05, 0.1) is 10.6 Å². The Morgan fingerprint density at radius 3 is 2.68 bits per heavy atom. The smallest absolute Gasteiger partial charge is 0.322 e. The predicted molar refractivity (Wildman–Crippen MR) is 94.7 cm³/mol. The second kappa shape index (κ2) is 5.92. The van der Waals surface area contributed by atoms with E-state index in [4.69, 9.17) is 0 Å². The van der Waals surface area contributed by atoms with Crippen molar-refractivity contribution in [2.24, 2.45) is 0 Å². The summed E-state index contributed by atoms with van der Waals surface area (Å²) < 4.78 is 0. The summed E-state index contributed by atoms with van der Waals surface area (Å²) in [5.41, 5.74) is -0.135. The first kappa shape index (κ1) is 16.2. The predicted octanol–water partition coefficient (Wildman–Crippen LogP) is 1.99. The molecular formula is C16H16N4O3S2. The molecule has 130 valence electrons. The summed E-state index contributed by atoms with van der Waals surface area (Å²) in [5, 5.41) is 7.83. The van der Waals surface area contributed by atoms with E-state index in [1.54, 1.807) is 16.2 Å². The zero-order valence-electron chi connectivity index (χ0n) is 13.5. The van der Waals surface area contributed by atoms with Gasteiger partial charge < -0.3 is 10.2 Å². The average Bonchev–Trinajstić information content (AvgIpc) is 3.28. The van der Waals surface area contributed by atoms with Gasteiger partial charge in [-0.05, 0) is 31.2 Å². The molecule has 2 aromatic rings. The first-order chi connectivity index (χ1) is 12.0. The van der Waals surface area contributed by atoms with Crippen LogP contribution in [0.15, 0.2) is 17.5 Å². The summed E-state index contributed by atoms with van der Waals surface area (Å²) in [6.07, 6.45) is 0.845. The summed E-state index contributed by atoms with van der Waals surface area (Å²) in [5.74, 6) is -0.351. The number of thiophene rings is 1. The van der Waals surface area contributed by atoms with Crippen LogP contribution in [-0.4, -0.2) is 46.4 Å². The summed E-state index contributed by atoms with van der Waals surface area (Å²) in [4.78, 5) is 44.2. The van der Waals surface area contributed by atoms with Crippen molar-refractivity contribution in [2.45, 2.75) is 25.3 Å². The van der Waals surface area contributed by atoms with Gasteiger partial charge >= 0.3 is 6.03 Å². The number of imide groups is 1. The summed E-state index contributed by atoms with van der Waals surface area (Å²) in [7, 11) is 0. The van der Waals surface area contributed by atoms with Crippen LogP contribution < -0.4 is 10.6 Å². The normalized spacial score (nSPS) is 19.2. The van der Waals surface area contributed by atoms with Gasteiger partial charge in [0.25, 0.3) is 11.8 Å². The number of carbonyl (C=O) groups is 3. The maximum absolute atomic E-state index is 12.9. The molecule has 2 fully saturated rings. The van der Waals surface area contributed by atoms with E-state index in [1.807, 2.05) is 24.4 Å². The van der Waals surface area contributed by atoms with Crippen molar-refractivity contribution < 1.29 is 14.4 Å². The third kappa shape index (κ3) is 2.73. The molecule has 4 heterocycles. The molecule has 2 N–H and O–H groups in total. The van der Waals surface area contributed by atoms with Crippen LogP contribution in [-0.2, 0) is 4.79 Å². The number of aryl methyl sites for hydroxylation is 1. The largest absolute Gasteiger partial charge is 0.338 e. The van der Waals surface area contributed by atoms with Crippen molar-refractivity contribution in [3.63, 3.8) is 0 Å². The van der Waals surface area contributed by atoms with Crippen LogP contribution in [0.4, 0.5) is 4.79 Å². The van der Waals surface area contributed by atoms with Crippen LogP contribution in [0, 0.1) is 6.92 Å². The number of piperidine rings is 1. The van der Waals surface area contributed by atoms with Crippen LogP contribution in [0.25, 0.3) is 9.88 Å². The molecule has 0 unspecified atom stereocenters. The third-order valence-corrected chi connectivity index (χ3v) is 6.83. The van der Waals surface area contributed by atoms with Crippen LogP contribution in [0.1, 0.15) is 28.2 Å². The lowest BCUT2D eigenvalue weighted by atomic mass is 9.87. The minimum Gasteiger partial charge on any atom is -0.338 e. The standard InChI is InChI=1S/C16H16N4O3S2/c1-9-11(25-12(17-9)10-3-2-8-24-10)13(21)20-6-4-16(5-7-20)14(22)18-15(23)19-16/h2-3,8H,4-7H2,1H3,(H2,18,19,22,23). The number of nitrogens with one attached hydrogen (secondary N) is 2. The van der Waals surface area contributed by atoms with E-state index < -0.39 is 11.6 Å². The lowest BCUT2D eigenvalue weighted by Crippen LogP contribution is -2.55. The Hall–Kier alpha value is -2.26. The molecule has 0 aromatic carbocycles. The molecule has 0 radical (unpaired) electrons. The number of hydrogen-bond acceptors (Lipinski definition) is 6. The van der Waals surface area contributed by atoms with Gasteiger partial charge in [-0.2, -0.15) is 0 Å².